The van der Waals surface area contributed by atoms with Crippen LogP contribution in [0.5, 0.6) is 11.5 Å². The Morgan fingerprint density at radius 2 is 1.80 bits per heavy atom. The molecule has 25 heavy (non-hydrogen) atoms. The number of nitrogens with zero attached hydrogens (tertiary/aromatic N) is 1. The summed E-state index contributed by atoms with van der Waals surface area (Å²) in [6.45, 7) is 7.05. The van der Waals surface area contributed by atoms with Gasteiger partial charge in [-0.15, -0.1) is 0 Å². The second-order valence-corrected chi connectivity index (χ2v) is 5.64. The monoisotopic (exact) mass is 347 g/mol. The Labute approximate surface area is 145 Å². The van der Waals surface area contributed by atoms with Crippen LogP contribution in [-0.4, -0.2) is 30.2 Å². The van der Waals surface area contributed by atoms with Gasteiger partial charge in [0.15, 0.2) is 11.5 Å². The van der Waals surface area contributed by atoms with E-state index in [2.05, 4.69) is 16.0 Å². The molecule has 2 rings (SSSR count). The lowest BCUT2D eigenvalue weighted by molar-refractivity contribution is 0.0845. The molecule has 1 heterocycles. The molecule has 0 spiro atoms. The molecule has 0 aliphatic carbocycles. The van der Waals surface area contributed by atoms with Gasteiger partial charge in [0.05, 0.1) is 18.9 Å². The third-order valence-electron chi connectivity index (χ3n) is 3.34. The fourth-order valence-corrected chi connectivity index (χ4v) is 2.22. The summed E-state index contributed by atoms with van der Waals surface area (Å²) in [5.74, 6) is 0.346. The van der Waals surface area contributed by atoms with E-state index in [-0.39, 0.29) is 6.10 Å². The van der Waals surface area contributed by atoms with E-state index in [0.29, 0.717) is 34.1 Å². The van der Waals surface area contributed by atoms with E-state index < -0.39 is 11.8 Å². The summed E-state index contributed by atoms with van der Waals surface area (Å²) in [6.07, 6.45) is -0.0251. The van der Waals surface area contributed by atoms with Crippen LogP contribution in [0, 0.1) is 13.8 Å². The predicted molar refractivity (Wildman–Crippen MR) is 89.7 cm³/mol. The van der Waals surface area contributed by atoms with Gasteiger partial charge >= 0.3 is 0 Å². The van der Waals surface area contributed by atoms with E-state index in [1.54, 1.807) is 26.0 Å². The van der Waals surface area contributed by atoms with Crippen molar-refractivity contribution in [1.82, 2.24) is 16.0 Å². The molecule has 2 aromatic rings. The molecular formula is C17H21N3O5. The van der Waals surface area contributed by atoms with Crippen LogP contribution in [0.4, 0.5) is 0 Å². The molecule has 8 heteroatoms. The molecule has 8 nitrogen and oxygen atoms in total. The summed E-state index contributed by atoms with van der Waals surface area (Å²) in [5, 5.41) is 3.70. The summed E-state index contributed by atoms with van der Waals surface area (Å²) < 4.78 is 15.8. The molecule has 0 aliphatic rings. The van der Waals surface area contributed by atoms with E-state index in [4.69, 9.17) is 14.0 Å². The molecule has 0 saturated heterocycles. The second kappa shape index (κ2) is 7.69. The quantitative estimate of drug-likeness (QED) is 0.804. The van der Waals surface area contributed by atoms with E-state index in [1.165, 1.54) is 13.2 Å². The minimum absolute atomic E-state index is 0.0251. The fourth-order valence-electron chi connectivity index (χ4n) is 2.22. The van der Waals surface area contributed by atoms with Crippen molar-refractivity contribution in [2.45, 2.75) is 33.8 Å². The molecule has 0 atom stereocenters. The van der Waals surface area contributed by atoms with Crippen LogP contribution in [0.15, 0.2) is 22.7 Å². The smallest absolute Gasteiger partial charge is 0.275 e. The molecule has 0 radical (unpaired) electrons. The van der Waals surface area contributed by atoms with Gasteiger partial charge in [0.25, 0.3) is 11.8 Å². The van der Waals surface area contributed by atoms with E-state index in [1.807, 2.05) is 13.8 Å². The van der Waals surface area contributed by atoms with Crippen LogP contribution in [-0.2, 0) is 0 Å². The predicted octanol–water partition coefficient (Wildman–Crippen LogP) is 2.16. The van der Waals surface area contributed by atoms with Crippen molar-refractivity contribution < 1.29 is 23.6 Å². The molecule has 0 unspecified atom stereocenters. The number of hydrogen-bond acceptors (Lipinski definition) is 6. The number of rotatable bonds is 5. The molecule has 0 bridgehead atoms. The van der Waals surface area contributed by atoms with E-state index >= 15 is 0 Å². The van der Waals surface area contributed by atoms with Gasteiger partial charge in [0.2, 0.25) is 0 Å². The van der Waals surface area contributed by atoms with Gasteiger partial charge < -0.3 is 14.0 Å². The lowest BCUT2D eigenvalue weighted by Crippen LogP contribution is -2.42. The second-order valence-electron chi connectivity index (χ2n) is 5.64. The minimum Gasteiger partial charge on any atom is -0.493 e. The molecule has 0 aliphatic heterocycles. The van der Waals surface area contributed by atoms with E-state index in [9.17, 15) is 9.59 Å². The first-order valence-corrected chi connectivity index (χ1v) is 7.71. The highest BCUT2D eigenvalue weighted by Gasteiger charge is 2.18. The minimum atomic E-state index is -0.503. The van der Waals surface area contributed by atoms with Crippen LogP contribution < -0.4 is 20.3 Å². The van der Waals surface area contributed by atoms with Gasteiger partial charge in [-0.25, -0.2) is 0 Å². The van der Waals surface area contributed by atoms with Gasteiger partial charge in [-0.05, 0) is 45.9 Å². The van der Waals surface area contributed by atoms with Crippen LogP contribution in [0.1, 0.15) is 46.0 Å². The number of carbonyl (C=O) groups is 2. The summed E-state index contributed by atoms with van der Waals surface area (Å²) in [7, 11) is 1.49. The fraction of sp³-hybridized carbons (Fsp3) is 0.353. The van der Waals surface area contributed by atoms with Gasteiger partial charge in [0, 0.05) is 5.56 Å². The maximum atomic E-state index is 12.2. The Hall–Kier alpha value is -3.03. The number of aryl methyl sites for hydroxylation is 2. The zero-order valence-electron chi connectivity index (χ0n) is 14.8. The Kier molecular flexibility index (Phi) is 5.63. The Morgan fingerprint density at radius 1 is 1.12 bits per heavy atom. The molecule has 2 amide bonds. The maximum absolute atomic E-state index is 12.2. The Bertz CT molecular complexity index is 763. The third kappa shape index (κ3) is 4.28. The number of nitrogens with one attached hydrogen (secondary N) is 2. The van der Waals surface area contributed by atoms with E-state index in [0.717, 1.165) is 0 Å². The zero-order valence-corrected chi connectivity index (χ0v) is 14.8. The molecule has 0 fully saturated rings. The molecule has 2 N–H and O–H groups in total. The molecule has 0 saturated carbocycles. The van der Waals surface area contributed by atoms with Crippen molar-refractivity contribution in [2.75, 3.05) is 7.11 Å². The maximum Gasteiger partial charge on any atom is 0.275 e. The first-order chi connectivity index (χ1) is 11.8. The van der Waals surface area contributed by atoms with Gasteiger partial charge in [-0.1, -0.05) is 5.16 Å². The first-order valence-electron chi connectivity index (χ1n) is 7.71. The number of aromatic nitrogens is 1. The average molecular weight is 347 g/mol. The number of hydrazine groups is 1. The highest BCUT2D eigenvalue weighted by Crippen LogP contribution is 2.28. The van der Waals surface area contributed by atoms with Crippen molar-refractivity contribution in [1.29, 1.82) is 0 Å². The SMILES string of the molecule is COc1cc(C(=O)NNC(=O)c2c(C)noc2C)ccc1OC(C)C. The Morgan fingerprint density at radius 3 is 2.36 bits per heavy atom. The zero-order chi connectivity index (χ0) is 18.6. The number of amides is 2. The molecule has 1 aromatic carbocycles. The van der Waals surface area contributed by atoms with Crippen LogP contribution >= 0.6 is 0 Å². The third-order valence-corrected chi connectivity index (χ3v) is 3.34. The number of ether oxygens (including phenoxy) is 2. The average Bonchev–Trinajstić information content (AvgIpc) is 2.91. The summed E-state index contributed by atoms with van der Waals surface area (Å²) >= 11 is 0. The lowest BCUT2D eigenvalue weighted by atomic mass is 10.2. The van der Waals surface area contributed by atoms with Crippen molar-refractivity contribution >= 4 is 11.8 Å². The van der Waals surface area contributed by atoms with Gasteiger partial charge in [0.1, 0.15) is 11.3 Å². The highest BCUT2D eigenvalue weighted by molar-refractivity contribution is 6.00. The number of benzene rings is 1. The largest absolute Gasteiger partial charge is 0.493 e. The summed E-state index contributed by atoms with van der Waals surface area (Å²) in [6, 6.07) is 4.76. The topological polar surface area (TPSA) is 103 Å². The number of methoxy groups -OCH3 is 1. The van der Waals surface area contributed by atoms with Crippen molar-refractivity contribution in [2.24, 2.45) is 0 Å². The number of hydrogen-bond donors (Lipinski definition) is 2. The van der Waals surface area contributed by atoms with Crippen molar-refractivity contribution in [3.63, 3.8) is 0 Å². The number of carbonyl (C=O) groups excluding carboxylic acids is 2. The highest BCUT2D eigenvalue weighted by atomic mass is 16.5. The molecular weight excluding hydrogens is 326 g/mol. The van der Waals surface area contributed by atoms with Gasteiger partial charge in [-0.2, -0.15) is 0 Å². The standard InChI is InChI=1S/C17H21N3O5/c1-9(2)24-13-7-6-12(8-14(13)23-5)16(21)18-19-17(22)15-10(3)20-25-11(15)4/h6-9H,1-5H3,(H,18,21)(H,19,22). The van der Waals surface area contributed by atoms with Crippen molar-refractivity contribution in [3.05, 3.63) is 40.8 Å². The van der Waals surface area contributed by atoms with Crippen LogP contribution in [0.3, 0.4) is 0 Å². The van der Waals surface area contributed by atoms with Gasteiger partial charge in [-0.3, -0.25) is 20.4 Å². The molecule has 1 aromatic heterocycles. The summed E-state index contributed by atoms with van der Waals surface area (Å²) in [4.78, 5) is 24.3. The van der Waals surface area contributed by atoms with Crippen LogP contribution in [0.25, 0.3) is 0 Å². The molecule has 134 valence electrons. The van der Waals surface area contributed by atoms with Crippen LogP contribution in [0.2, 0.25) is 0 Å². The Balaban J connectivity index is 2.07. The van der Waals surface area contributed by atoms with Crippen molar-refractivity contribution in [3.8, 4) is 11.5 Å². The normalized spacial score (nSPS) is 10.5. The lowest BCUT2D eigenvalue weighted by Gasteiger charge is -2.14. The first kappa shape index (κ1) is 18.3. The summed E-state index contributed by atoms with van der Waals surface area (Å²) in [5.41, 5.74) is 5.74.